The van der Waals surface area contributed by atoms with E-state index >= 15 is 0 Å². The second-order valence-electron chi connectivity index (χ2n) is 6.11. The van der Waals surface area contributed by atoms with Crippen LogP contribution in [-0.2, 0) is 13.6 Å². The van der Waals surface area contributed by atoms with E-state index in [1.807, 2.05) is 0 Å². The van der Waals surface area contributed by atoms with Gasteiger partial charge in [0, 0.05) is 24.8 Å². The molecule has 1 heterocycles. The van der Waals surface area contributed by atoms with Crippen LogP contribution in [0.1, 0.15) is 6.92 Å². The molecule has 0 amide bonds. The molecule has 0 radical (unpaired) electrons. The van der Waals surface area contributed by atoms with Gasteiger partial charge in [0.15, 0.2) is 23.6 Å². The average molecular weight is 438 g/mol. The summed E-state index contributed by atoms with van der Waals surface area (Å²) in [4.78, 5) is 12.5. The Morgan fingerprint density at radius 2 is 1.80 bits per heavy atom. The first-order valence-electron chi connectivity index (χ1n) is 8.66. The fourth-order valence-corrected chi connectivity index (χ4v) is 3.71. The molecule has 10 nitrogen and oxygen atoms in total. The van der Waals surface area contributed by atoms with Crippen LogP contribution in [0.3, 0.4) is 0 Å². The van der Waals surface area contributed by atoms with Crippen LogP contribution in [0.25, 0.3) is 22.3 Å². The molecule has 0 aliphatic heterocycles. The number of phenolic OH excluding ortho intramolecular Hbond substituents is 3. The zero-order chi connectivity index (χ0) is 22.1. The summed E-state index contributed by atoms with van der Waals surface area (Å²) in [7, 11) is -2.35. The van der Waals surface area contributed by atoms with Crippen LogP contribution in [0.5, 0.6) is 28.7 Å². The highest BCUT2D eigenvalue weighted by atomic mass is 31.2. The highest BCUT2D eigenvalue weighted by Gasteiger charge is 2.25. The minimum Gasteiger partial charge on any atom is -0.508 e. The van der Waals surface area contributed by atoms with E-state index in [1.165, 1.54) is 25.3 Å². The monoisotopic (exact) mass is 438 g/mol. The van der Waals surface area contributed by atoms with Crippen molar-refractivity contribution < 1.29 is 43.2 Å². The number of fused-ring (bicyclic) bond motifs is 1. The van der Waals surface area contributed by atoms with Crippen molar-refractivity contribution in [1.29, 1.82) is 0 Å². The third-order valence-electron chi connectivity index (χ3n) is 4.14. The quantitative estimate of drug-likeness (QED) is 0.403. The first kappa shape index (κ1) is 21.5. The number of hydrogen-bond donors (Lipinski definition) is 4. The second-order valence-corrected chi connectivity index (χ2v) is 8.22. The van der Waals surface area contributed by atoms with Crippen LogP contribution in [0.2, 0.25) is 0 Å². The van der Waals surface area contributed by atoms with Crippen LogP contribution < -0.4 is 10.2 Å². The molecule has 1 atom stereocenters. The first-order chi connectivity index (χ1) is 14.2. The van der Waals surface area contributed by atoms with Crippen molar-refractivity contribution in [3.05, 3.63) is 40.6 Å². The Morgan fingerprint density at radius 3 is 2.47 bits per heavy atom. The Bertz CT molecular complexity index is 1200. The SMILES string of the molecule is CCOP(=O)(COc1cc(-c2oc3cc(O)cc(O)c3c(=O)c2O)ccc1O)OC. The zero-order valence-corrected chi connectivity index (χ0v) is 16.9. The minimum atomic E-state index is -3.55. The van der Waals surface area contributed by atoms with Gasteiger partial charge in [0.25, 0.3) is 0 Å². The lowest BCUT2D eigenvalue weighted by atomic mass is 10.1. The van der Waals surface area contributed by atoms with Crippen LogP contribution in [0.4, 0.5) is 0 Å². The largest absolute Gasteiger partial charge is 0.508 e. The molecule has 4 N–H and O–H groups in total. The summed E-state index contributed by atoms with van der Waals surface area (Å²) >= 11 is 0. The van der Waals surface area contributed by atoms with Crippen molar-refractivity contribution in [3.63, 3.8) is 0 Å². The zero-order valence-electron chi connectivity index (χ0n) is 16.0. The van der Waals surface area contributed by atoms with Crippen LogP contribution in [0, 0.1) is 0 Å². The maximum Gasteiger partial charge on any atom is 0.367 e. The van der Waals surface area contributed by atoms with Crippen molar-refractivity contribution in [2.24, 2.45) is 0 Å². The molecule has 3 rings (SSSR count). The summed E-state index contributed by atoms with van der Waals surface area (Å²) in [5.41, 5.74) is -0.952. The predicted octanol–water partition coefficient (Wildman–Crippen LogP) is 3.49. The van der Waals surface area contributed by atoms with Crippen molar-refractivity contribution in [2.75, 3.05) is 20.1 Å². The van der Waals surface area contributed by atoms with Crippen LogP contribution in [-0.4, -0.2) is 40.5 Å². The predicted molar refractivity (Wildman–Crippen MR) is 106 cm³/mol. The van der Waals surface area contributed by atoms with Gasteiger partial charge in [-0.25, -0.2) is 0 Å². The third kappa shape index (κ3) is 4.06. The van der Waals surface area contributed by atoms with Gasteiger partial charge in [0.1, 0.15) is 22.5 Å². The number of hydrogen-bond acceptors (Lipinski definition) is 10. The highest BCUT2D eigenvalue weighted by molar-refractivity contribution is 7.53. The average Bonchev–Trinajstić information content (AvgIpc) is 2.70. The Balaban J connectivity index is 2.06. The van der Waals surface area contributed by atoms with Gasteiger partial charge in [-0.1, -0.05) is 0 Å². The summed E-state index contributed by atoms with van der Waals surface area (Å²) in [6.45, 7) is 1.75. The van der Waals surface area contributed by atoms with Crippen LogP contribution in [0.15, 0.2) is 39.5 Å². The molecule has 0 saturated heterocycles. The topological polar surface area (TPSA) is 156 Å². The van der Waals surface area contributed by atoms with Gasteiger partial charge in [0.2, 0.25) is 11.2 Å². The molecule has 0 bridgehead atoms. The Labute approximate surface area is 170 Å². The number of rotatable bonds is 7. The Kier molecular flexibility index (Phi) is 5.93. The Hall–Kier alpha value is -3.20. The smallest absolute Gasteiger partial charge is 0.367 e. The molecular formula is C19H19O10P. The minimum absolute atomic E-state index is 0.121. The first-order valence-corrected chi connectivity index (χ1v) is 10.4. The molecular weight excluding hydrogens is 419 g/mol. The summed E-state index contributed by atoms with van der Waals surface area (Å²) in [6.07, 6.45) is -0.496. The molecule has 3 aromatic rings. The molecule has 0 spiro atoms. The summed E-state index contributed by atoms with van der Waals surface area (Å²) in [5.74, 6) is -2.43. The van der Waals surface area contributed by atoms with E-state index in [1.54, 1.807) is 6.92 Å². The standard InChI is InChI=1S/C19H19O10P/c1-3-28-30(25,26-2)9-27-14-6-10(4-5-12(14)21)19-18(24)17(23)16-13(22)7-11(20)8-15(16)29-19/h4-8,20-22,24H,3,9H2,1-2H3. The molecule has 0 fully saturated rings. The van der Waals surface area contributed by atoms with Gasteiger partial charge in [-0.3, -0.25) is 9.36 Å². The van der Waals surface area contributed by atoms with Gasteiger partial charge in [-0.05, 0) is 25.1 Å². The summed E-state index contributed by atoms with van der Waals surface area (Å²) < 4.78 is 33.1. The fraction of sp³-hybridized carbons (Fsp3) is 0.211. The van der Waals surface area contributed by atoms with E-state index in [4.69, 9.17) is 18.2 Å². The van der Waals surface area contributed by atoms with E-state index in [0.29, 0.717) is 0 Å². The van der Waals surface area contributed by atoms with Gasteiger partial charge >= 0.3 is 7.60 Å². The molecule has 0 aliphatic carbocycles. The van der Waals surface area contributed by atoms with Gasteiger partial charge in [0.05, 0.1) is 6.61 Å². The van der Waals surface area contributed by atoms with Gasteiger partial charge < -0.3 is 38.6 Å². The molecule has 0 aliphatic rings. The molecule has 2 aromatic carbocycles. The maximum atomic E-state index is 12.5. The number of benzene rings is 2. The lowest BCUT2D eigenvalue weighted by Crippen LogP contribution is -2.05. The van der Waals surface area contributed by atoms with Crippen molar-refractivity contribution in [2.45, 2.75) is 6.92 Å². The highest BCUT2D eigenvalue weighted by Crippen LogP contribution is 2.48. The Morgan fingerprint density at radius 1 is 1.07 bits per heavy atom. The van der Waals surface area contributed by atoms with Crippen molar-refractivity contribution in [1.82, 2.24) is 0 Å². The number of ether oxygens (including phenoxy) is 1. The fourth-order valence-electron chi connectivity index (χ4n) is 2.73. The maximum absolute atomic E-state index is 12.5. The van der Waals surface area contributed by atoms with Crippen LogP contribution >= 0.6 is 7.60 Å². The molecule has 1 unspecified atom stereocenters. The van der Waals surface area contributed by atoms with E-state index in [-0.39, 0.29) is 46.1 Å². The van der Waals surface area contributed by atoms with Crippen molar-refractivity contribution in [3.8, 4) is 40.1 Å². The van der Waals surface area contributed by atoms with E-state index in [2.05, 4.69) is 0 Å². The van der Waals surface area contributed by atoms with Gasteiger partial charge in [-0.15, -0.1) is 0 Å². The number of aromatic hydroxyl groups is 4. The summed E-state index contributed by atoms with van der Waals surface area (Å²) in [5, 5.41) is 39.5. The molecule has 0 saturated carbocycles. The third-order valence-corrected chi connectivity index (χ3v) is 5.79. The summed E-state index contributed by atoms with van der Waals surface area (Å²) in [6, 6.07) is 5.85. The van der Waals surface area contributed by atoms with E-state index < -0.39 is 30.9 Å². The molecule has 30 heavy (non-hydrogen) atoms. The van der Waals surface area contributed by atoms with E-state index in [0.717, 1.165) is 12.1 Å². The van der Waals surface area contributed by atoms with Crippen molar-refractivity contribution >= 4 is 18.6 Å². The molecule has 1 aromatic heterocycles. The normalized spacial score (nSPS) is 13.3. The molecule has 11 heteroatoms. The lowest BCUT2D eigenvalue weighted by Gasteiger charge is -2.17. The number of phenols is 3. The van der Waals surface area contributed by atoms with Gasteiger partial charge in [-0.2, -0.15) is 0 Å². The van der Waals surface area contributed by atoms with E-state index in [9.17, 15) is 29.8 Å². The molecule has 160 valence electrons. The second kappa shape index (κ2) is 8.27. The lowest BCUT2D eigenvalue weighted by molar-refractivity contribution is 0.215.